The monoisotopic (exact) mass is 318 g/mol. The predicted molar refractivity (Wildman–Crippen MR) is 89.0 cm³/mol. The van der Waals surface area contributed by atoms with Gasteiger partial charge in [0.25, 0.3) is 0 Å². The van der Waals surface area contributed by atoms with Crippen molar-refractivity contribution < 1.29 is 4.74 Å². The lowest BCUT2D eigenvalue weighted by atomic mass is 10.1. The third kappa shape index (κ3) is 2.45. The second-order valence-corrected chi connectivity index (χ2v) is 5.70. The lowest BCUT2D eigenvalue weighted by Gasteiger charge is -2.12. The lowest BCUT2D eigenvalue weighted by Crippen LogP contribution is -2.03. The first-order chi connectivity index (χ1) is 10.1. The molecule has 0 saturated carbocycles. The van der Waals surface area contributed by atoms with Crippen LogP contribution in [0.2, 0.25) is 5.02 Å². The van der Waals surface area contributed by atoms with Crippen molar-refractivity contribution in [3.05, 3.63) is 57.3 Å². The van der Waals surface area contributed by atoms with Crippen molar-refractivity contribution >= 4 is 34.9 Å². The molecule has 3 aromatic rings. The van der Waals surface area contributed by atoms with Crippen LogP contribution < -0.4 is 4.74 Å². The summed E-state index contributed by atoms with van der Waals surface area (Å²) in [6.45, 7) is 2.65. The molecule has 0 fully saturated rings. The number of aromatic nitrogens is 2. The number of aromatic amines is 1. The standard InChI is InChI=1S/C16H15ClN2OS/c1-10-5-3-7-13-15(10)19(16(21)18-13)9-11-12(17)6-4-8-14(11)20-2/h3-8H,9H2,1-2H3,(H,18,21). The molecule has 0 bridgehead atoms. The van der Waals surface area contributed by atoms with Gasteiger partial charge in [-0.3, -0.25) is 0 Å². The molecule has 0 saturated heterocycles. The van der Waals surface area contributed by atoms with E-state index < -0.39 is 0 Å². The van der Waals surface area contributed by atoms with Crippen LogP contribution >= 0.6 is 23.8 Å². The number of para-hydroxylation sites is 1. The van der Waals surface area contributed by atoms with E-state index in [2.05, 4.69) is 22.5 Å². The second-order valence-electron chi connectivity index (χ2n) is 4.91. The summed E-state index contributed by atoms with van der Waals surface area (Å²) in [4.78, 5) is 3.24. The molecule has 1 N–H and O–H groups in total. The number of fused-ring (bicyclic) bond motifs is 1. The van der Waals surface area contributed by atoms with Crippen LogP contribution in [0.15, 0.2) is 36.4 Å². The molecule has 0 atom stereocenters. The van der Waals surface area contributed by atoms with Crippen molar-refractivity contribution in [2.75, 3.05) is 7.11 Å². The molecule has 0 aliphatic carbocycles. The summed E-state index contributed by atoms with van der Waals surface area (Å²) in [5.74, 6) is 0.771. The predicted octanol–water partition coefficient (Wildman–Crippen LogP) is 4.72. The van der Waals surface area contributed by atoms with E-state index in [9.17, 15) is 0 Å². The molecule has 3 rings (SSSR count). The summed E-state index contributed by atoms with van der Waals surface area (Å²) in [6.07, 6.45) is 0. The molecule has 1 aromatic heterocycles. The third-order valence-corrected chi connectivity index (χ3v) is 4.28. The highest BCUT2D eigenvalue weighted by molar-refractivity contribution is 7.71. The van der Waals surface area contributed by atoms with E-state index in [1.54, 1.807) is 7.11 Å². The number of methoxy groups -OCH3 is 1. The molecule has 21 heavy (non-hydrogen) atoms. The molecular weight excluding hydrogens is 304 g/mol. The molecule has 0 radical (unpaired) electrons. The van der Waals surface area contributed by atoms with Gasteiger partial charge in [-0.25, -0.2) is 0 Å². The van der Waals surface area contributed by atoms with Crippen molar-refractivity contribution in [2.45, 2.75) is 13.5 Å². The van der Waals surface area contributed by atoms with Gasteiger partial charge in [-0.1, -0.05) is 29.8 Å². The minimum Gasteiger partial charge on any atom is -0.496 e. The number of rotatable bonds is 3. The number of nitrogens with zero attached hydrogens (tertiary/aromatic N) is 1. The van der Waals surface area contributed by atoms with Gasteiger partial charge < -0.3 is 14.3 Å². The zero-order valence-electron chi connectivity index (χ0n) is 11.8. The largest absolute Gasteiger partial charge is 0.496 e. The number of imidazole rings is 1. The van der Waals surface area contributed by atoms with Crippen molar-refractivity contribution in [1.29, 1.82) is 0 Å². The minimum absolute atomic E-state index is 0.576. The van der Waals surface area contributed by atoms with Crippen LogP contribution in [0.1, 0.15) is 11.1 Å². The first kappa shape index (κ1) is 14.2. The fraction of sp³-hybridized carbons (Fsp3) is 0.188. The Morgan fingerprint density at radius 1 is 1.24 bits per heavy atom. The number of aryl methyl sites for hydroxylation is 1. The van der Waals surface area contributed by atoms with Crippen LogP contribution in [0.5, 0.6) is 5.75 Å². The number of benzene rings is 2. The molecule has 108 valence electrons. The number of hydrogen-bond donors (Lipinski definition) is 1. The van der Waals surface area contributed by atoms with Crippen LogP contribution in [-0.2, 0) is 6.54 Å². The molecule has 2 aromatic carbocycles. The quantitative estimate of drug-likeness (QED) is 0.708. The molecule has 5 heteroatoms. The average Bonchev–Trinajstić information content (AvgIpc) is 2.78. The fourth-order valence-corrected chi connectivity index (χ4v) is 3.09. The SMILES string of the molecule is COc1cccc(Cl)c1Cn1c(=S)[nH]c2cccc(C)c21. The molecule has 0 aliphatic rings. The Morgan fingerprint density at radius 2 is 2.00 bits per heavy atom. The van der Waals surface area contributed by atoms with E-state index in [1.165, 1.54) is 5.56 Å². The summed E-state index contributed by atoms with van der Waals surface area (Å²) < 4.78 is 8.16. The highest BCUT2D eigenvalue weighted by atomic mass is 35.5. The zero-order chi connectivity index (χ0) is 15.0. The van der Waals surface area contributed by atoms with Gasteiger partial charge in [-0.2, -0.15) is 0 Å². The molecule has 1 heterocycles. The Kier molecular flexibility index (Phi) is 3.74. The topological polar surface area (TPSA) is 29.9 Å². The van der Waals surface area contributed by atoms with Crippen LogP contribution in [-0.4, -0.2) is 16.7 Å². The lowest BCUT2D eigenvalue weighted by molar-refractivity contribution is 0.408. The minimum atomic E-state index is 0.576. The first-order valence-corrected chi connectivity index (χ1v) is 7.40. The van der Waals surface area contributed by atoms with Gasteiger partial charge in [-0.05, 0) is 42.9 Å². The number of ether oxygens (including phenoxy) is 1. The average molecular weight is 319 g/mol. The normalized spacial score (nSPS) is 11.0. The molecule has 0 unspecified atom stereocenters. The summed E-state index contributed by atoms with van der Waals surface area (Å²) >= 11 is 11.8. The van der Waals surface area contributed by atoms with Gasteiger partial charge in [-0.15, -0.1) is 0 Å². The highest BCUT2D eigenvalue weighted by Gasteiger charge is 2.12. The van der Waals surface area contributed by atoms with Gasteiger partial charge in [0.15, 0.2) is 4.77 Å². The maximum atomic E-state index is 6.33. The number of halogens is 1. The second kappa shape index (κ2) is 5.54. The van der Waals surface area contributed by atoms with Gasteiger partial charge >= 0.3 is 0 Å². The molecule has 3 nitrogen and oxygen atoms in total. The smallest absolute Gasteiger partial charge is 0.178 e. The summed E-state index contributed by atoms with van der Waals surface area (Å²) in [6, 6.07) is 11.8. The Hall–Kier alpha value is -1.78. The third-order valence-electron chi connectivity index (χ3n) is 3.61. The maximum Gasteiger partial charge on any atom is 0.178 e. The first-order valence-electron chi connectivity index (χ1n) is 6.61. The van der Waals surface area contributed by atoms with Gasteiger partial charge in [0.05, 0.1) is 24.7 Å². The Morgan fingerprint density at radius 3 is 2.76 bits per heavy atom. The van der Waals surface area contributed by atoms with E-state index >= 15 is 0 Å². The molecular formula is C16H15ClN2OS. The van der Waals surface area contributed by atoms with E-state index in [1.807, 2.05) is 30.3 Å². The highest BCUT2D eigenvalue weighted by Crippen LogP contribution is 2.29. The van der Waals surface area contributed by atoms with Crippen LogP contribution in [0.25, 0.3) is 11.0 Å². The Labute approximate surface area is 133 Å². The van der Waals surface area contributed by atoms with Crippen LogP contribution in [0.4, 0.5) is 0 Å². The summed E-state index contributed by atoms with van der Waals surface area (Å²) in [5, 5.41) is 0.680. The number of nitrogens with one attached hydrogen (secondary N) is 1. The maximum absolute atomic E-state index is 6.33. The summed E-state index contributed by atoms with van der Waals surface area (Å²) in [7, 11) is 1.65. The van der Waals surface area contributed by atoms with E-state index in [-0.39, 0.29) is 0 Å². The van der Waals surface area contributed by atoms with Crippen LogP contribution in [0.3, 0.4) is 0 Å². The van der Waals surface area contributed by atoms with Crippen molar-refractivity contribution in [3.8, 4) is 5.75 Å². The molecule has 0 amide bonds. The van der Waals surface area contributed by atoms with E-state index in [0.717, 1.165) is 22.3 Å². The molecule has 0 aliphatic heterocycles. The Bertz CT molecular complexity index is 866. The van der Waals surface area contributed by atoms with Crippen molar-refractivity contribution in [1.82, 2.24) is 9.55 Å². The van der Waals surface area contributed by atoms with E-state index in [4.69, 9.17) is 28.6 Å². The zero-order valence-corrected chi connectivity index (χ0v) is 13.4. The molecule has 0 spiro atoms. The Balaban J connectivity index is 2.20. The van der Waals surface area contributed by atoms with E-state index in [0.29, 0.717) is 16.3 Å². The fourth-order valence-electron chi connectivity index (χ4n) is 2.59. The van der Waals surface area contributed by atoms with Gasteiger partial charge in [0.2, 0.25) is 0 Å². The van der Waals surface area contributed by atoms with Crippen molar-refractivity contribution in [3.63, 3.8) is 0 Å². The summed E-state index contributed by atoms with van der Waals surface area (Å²) in [5.41, 5.74) is 4.24. The van der Waals surface area contributed by atoms with Crippen LogP contribution in [0, 0.1) is 11.7 Å². The van der Waals surface area contributed by atoms with Gasteiger partial charge in [0, 0.05) is 10.6 Å². The number of hydrogen-bond acceptors (Lipinski definition) is 2. The van der Waals surface area contributed by atoms with Crippen molar-refractivity contribution in [2.24, 2.45) is 0 Å². The van der Waals surface area contributed by atoms with Gasteiger partial charge in [0.1, 0.15) is 5.75 Å². The number of H-pyrrole nitrogens is 1.